The summed E-state index contributed by atoms with van der Waals surface area (Å²) in [6.07, 6.45) is 0.141. The van der Waals surface area contributed by atoms with E-state index in [0.29, 0.717) is 39.4 Å². The maximum Gasteiger partial charge on any atom is 0.255 e. The van der Waals surface area contributed by atoms with Crippen LogP contribution in [0.4, 0.5) is 5.69 Å². The molecule has 0 radical (unpaired) electrons. The third-order valence-corrected chi connectivity index (χ3v) is 7.56. The number of halogens is 1. The number of thioether (sulfide) groups is 1. The molecule has 5 rings (SSSR count). The van der Waals surface area contributed by atoms with E-state index in [1.807, 2.05) is 65.8 Å². The van der Waals surface area contributed by atoms with E-state index in [2.05, 4.69) is 10.6 Å². The van der Waals surface area contributed by atoms with E-state index in [9.17, 15) is 9.59 Å². The molecule has 9 heteroatoms. The molecule has 0 bridgehead atoms. The number of aliphatic imine (C=N–C) groups is 1. The minimum absolute atomic E-state index is 0.118. The van der Waals surface area contributed by atoms with Gasteiger partial charge in [0.05, 0.1) is 30.8 Å². The van der Waals surface area contributed by atoms with Gasteiger partial charge in [0.2, 0.25) is 5.91 Å². The third-order valence-electron chi connectivity index (χ3n) is 6.43. The number of rotatable bonds is 8. The molecule has 0 spiro atoms. The highest BCUT2D eigenvalue weighted by Gasteiger charge is 2.40. The summed E-state index contributed by atoms with van der Waals surface area (Å²) < 4.78 is 5.23. The summed E-state index contributed by atoms with van der Waals surface area (Å²) in [5.74, 6) is 0.295. The number of anilines is 1. The van der Waals surface area contributed by atoms with Crippen LogP contribution in [0.2, 0.25) is 5.02 Å². The average Bonchev–Trinajstić information content (AvgIpc) is 3.33. The number of nitrogens with one attached hydrogen (secondary N) is 2. The molecule has 0 saturated heterocycles. The number of nitrogens with zero attached hydrogens (tertiary/aromatic N) is 2. The number of fused-ring (bicyclic) bond motifs is 1. The smallest absolute Gasteiger partial charge is 0.255 e. The number of amides is 2. The standard InChI is InChI=1S/C30H27ClN4O3S/c1-19-27(29(37)34-23-11-13-25(38-2)14-12-23)28(21-9-6-10-22(31)15-21)35-24(18-39-30(35)33-19)16-26(36)32-17-20-7-4-3-5-8-20/h3-15,18,28H,16-17H2,1-2H3,(H,32,36)(H,34,37)/t28-/m0/s1. The lowest BCUT2D eigenvalue weighted by atomic mass is 9.93. The summed E-state index contributed by atoms with van der Waals surface area (Å²) in [7, 11) is 1.59. The molecule has 3 aromatic carbocycles. The molecule has 0 saturated carbocycles. The van der Waals surface area contributed by atoms with E-state index in [0.717, 1.165) is 16.8 Å². The fourth-order valence-corrected chi connectivity index (χ4v) is 5.71. The van der Waals surface area contributed by atoms with E-state index in [-0.39, 0.29) is 18.2 Å². The van der Waals surface area contributed by atoms with Gasteiger partial charge in [-0.1, -0.05) is 65.8 Å². The van der Waals surface area contributed by atoms with Crippen molar-refractivity contribution in [1.82, 2.24) is 10.2 Å². The van der Waals surface area contributed by atoms with Crippen molar-refractivity contribution >= 4 is 46.0 Å². The lowest BCUT2D eigenvalue weighted by Gasteiger charge is -2.36. The van der Waals surface area contributed by atoms with Crippen LogP contribution in [0, 0.1) is 0 Å². The van der Waals surface area contributed by atoms with Gasteiger partial charge in [0.15, 0.2) is 5.17 Å². The maximum absolute atomic E-state index is 13.7. The van der Waals surface area contributed by atoms with Gasteiger partial charge in [-0.15, -0.1) is 0 Å². The van der Waals surface area contributed by atoms with E-state index < -0.39 is 6.04 Å². The van der Waals surface area contributed by atoms with Gasteiger partial charge in [0.1, 0.15) is 5.75 Å². The highest BCUT2D eigenvalue weighted by molar-refractivity contribution is 8.16. The quantitative estimate of drug-likeness (QED) is 0.340. The number of hydrogen-bond donors (Lipinski definition) is 2. The molecular formula is C30H27ClN4O3S. The number of hydrogen-bond acceptors (Lipinski definition) is 6. The first-order valence-electron chi connectivity index (χ1n) is 12.4. The van der Waals surface area contributed by atoms with Gasteiger partial charge < -0.3 is 20.3 Å². The normalized spacial score (nSPS) is 16.3. The number of amidine groups is 1. The van der Waals surface area contributed by atoms with Crippen LogP contribution < -0.4 is 15.4 Å². The highest BCUT2D eigenvalue weighted by atomic mass is 35.5. The number of carbonyl (C=O) groups excluding carboxylic acids is 2. The SMILES string of the molecule is COc1ccc(NC(=O)C2=C(C)N=C3SC=C(CC(=O)NCc4ccccc4)N3[C@H]2c2cccc(Cl)c2)cc1. The van der Waals surface area contributed by atoms with Crippen LogP contribution >= 0.6 is 23.4 Å². The van der Waals surface area contributed by atoms with Gasteiger partial charge in [0, 0.05) is 23.0 Å². The molecule has 0 aromatic heterocycles. The Morgan fingerprint density at radius 3 is 2.54 bits per heavy atom. The molecule has 0 aliphatic carbocycles. The lowest BCUT2D eigenvalue weighted by molar-refractivity contribution is -0.120. The number of allylic oxidation sites excluding steroid dienone is 1. The monoisotopic (exact) mass is 558 g/mol. The summed E-state index contributed by atoms with van der Waals surface area (Å²) in [4.78, 5) is 33.4. The molecule has 2 aliphatic heterocycles. The minimum Gasteiger partial charge on any atom is -0.497 e. The second kappa shape index (κ2) is 11.8. The molecule has 198 valence electrons. The summed E-state index contributed by atoms with van der Waals surface area (Å²) in [6.45, 7) is 2.27. The van der Waals surface area contributed by atoms with Crippen LogP contribution in [0.1, 0.15) is 30.5 Å². The molecule has 2 N–H and O–H groups in total. The zero-order valence-electron chi connectivity index (χ0n) is 21.5. The van der Waals surface area contributed by atoms with Gasteiger partial charge in [0.25, 0.3) is 5.91 Å². The zero-order chi connectivity index (χ0) is 27.4. The first-order chi connectivity index (χ1) is 18.9. The Morgan fingerprint density at radius 1 is 1.05 bits per heavy atom. The highest BCUT2D eigenvalue weighted by Crippen LogP contribution is 2.45. The number of ether oxygens (including phenoxy) is 1. The topological polar surface area (TPSA) is 83.0 Å². The molecule has 2 amide bonds. The van der Waals surface area contributed by atoms with Gasteiger partial charge in [-0.05, 0) is 59.9 Å². The minimum atomic E-state index is -0.516. The Kier molecular flexibility index (Phi) is 8.05. The van der Waals surface area contributed by atoms with E-state index >= 15 is 0 Å². The summed E-state index contributed by atoms with van der Waals surface area (Å²) in [5.41, 5.74) is 4.33. The van der Waals surface area contributed by atoms with Crippen molar-refractivity contribution in [2.75, 3.05) is 12.4 Å². The Labute approximate surface area is 236 Å². The van der Waals surface area contributed by atoms with Gasteiger partial charge >= 0.3 is 0 Å². The fourth-order valence-electron chi connectivity index (χ4n) is 4.55. The van der Waals surface area contributed by atoms with Crippen LogP contribution in [-0.2, 0) is 16.1 Å². The molecule has 2 heterocycles. The van der Waals surface area contributed by atoms with Crippen molar-refractivity contribution in [3.63, 3.8) is 0 Å². The van der Waals surface area contributed by atoms with E-state index in [1.165, 1.54) is 11.8 Å². The van der Waals surface area contributed by atoms with Crippen molar-refractivity contribution in [1.29, 1.82) is 0 Å². The molecule has 7 nitrogen and oxygen atoms in total. The predicted molar refractivity (Wildman–Crippen MR) is 156 cm³/mol. The second-order valence-electron chi connectivity index (χ2n) is 9.07. The van der Waals surface area contributed by atoms with Crippen LogP contribution in [0.25, 0.3) is 0 Å². The Morgan fingerprint density at radius 2 is 1.82 bits per heavy atom. The van der Waals surface area contributed by atoms with Crippen LogP contribution in [0.15, 0.2) is 106 Å². The van der Waals surface area contributed by atoms with Crippen molar-refractivity contribution in [2.24, 2.45) is 4.99 Å². The number of methoxy groups -OCH3 is 1. The van der Waals surface area contributed by atoms with Crippen LogP contribution in [0.3, 0.4) is 0 Å². The molecule has 0 unspecified atom stereocenters. The largest absolute Gasteiger partial charge is 0.497 e. The number of carbonyl (C=O) groups is 2. The van der Waals surface area contributed by atoms with Gasteiger partial charge in [-0.2, -0.15) is 0 Å². The fraction of sp³-hybridized carbons (Fsp3) is 0.167. The molecule has 1 atom stereocenters. The second-order valence-corrected chi connectivity index (χ2v) is 10.3. The van der Waals surface area contributed by atoms with Crippen LogP contribution in [0.5, 0.6) is 5.75 Å². The van der Waals surface area contributed by atoms with Gasteiger partial charge in [-0.3, -0.25) is 9.59 Å². The average molecular weight is 559 g/mol. The first-order valence-corrected chi connectivity index (χ1v) is 13.6. The summed E-state index contributed by atoms with van der Waals surface area (Å²) in [5, 5.41) is 9.18. The molecular weight excluding hydrogens is 532 g/mol. The van der Waals surface area contributed by atoms with E-state index in [4.69, 9.17) is 21.3 Å². The Bertz CT molecular complexity index is 1490. The summed E-state index contributed by atoms with van der Waals surface area (Å²) in [6, 6.07) is 23.8. The van der Waals surface area contributed by atoms with Crippen LogP contribution in [-0.4, -0.2) is 29.0 Å². The Hall–Kier alpha value is -4.01. The number of benzene rings is 3. The maximum atomic E-state index is 13.7. The Balaban J connectivity index is 1.43. The van der Waals surface area contributed by atoms with Gasteiger partial charge in [-0.25, -0.2) is 4.99 Å². The third kappa shape index (κ3) is 6.02. The lowest BCUT2D eigenvalue weighted by Crippen LogP contribution is -2.38. The molecule has 0 fully saturated rings. The van der Waals surface area contributed by atoms with Crippen molar-refractivity contribution in [3.8, 4) is 5.75 Å². The van der Waals surface area contributed by atoms with Crippen molar-refractivity contribution in [2.45, 2.75) is 25.9 Å². The summed E-state index contributed by atoms with van der Waals surface area (Å²) >= 11 is 7.83. The molecule has 3 aromatic rings. The zero-order valence-corrected chi connectivity index (χ0v) is 23.1. The predicted octanol–water partition coefficient (Wildman–Crippen LogP) is 6.27. The van der Waals surface area contributed by atoms with E-state index in [1.54, 1.807) is 37.4 Å². The molecule has 39 heavy (non-hydrogen) atoms. The van der Waals surface area contributed by atoms with Crippen molar-refractivity contribution in [3.05, 3.63) is 117 Å². The first kappa shape index (κ1) is 26.6. The van der Waals surface area contributed by atoms with Crippen molar-refractivity contribution < 1.29 is 14.3 Å². The molecule has 2 aliphatic rings.